The summed E-state index contributed by atoms with van der Waals surface area (Å²) in [5.74, 6) is 0.996. The van der Waals surface area contributed by atoms with Crippen LogP contribution in [0.15, 0.2) is 21.7 Å². The maximum Gasteiger partial charge on any atom is 0.251 e. The average molecular weight is 342 g/mol. The van der Waals surface area contributed by atoms with Gasteiger partial charge in [-0.15, -0.1) is 0 Å². The van der Waals surface area contributed by atoms with Crippen molar-refractivity contribution < 1.29 is 9.52 Å². The number of oxazole rings is 1. The molecule has 0 aliphatic carbocycles. The first-order valence-electron chi connectivity index (χ1n) is 7.89. The average Bonchev–Trinajstić information content (AvgIpc) is 2.95. The van der Waals surface area contributed by atoms with Crippen molar-refractivity contribution in [1.29, 1.82) is 0 Å². The highest BCUT2D eigenvalue weighted by molar-refractivity contribution is 7.98. The van der Waals surface area contributed by atoms with Gasteiger partial charge in [-0.05, 0) is 55.7 Å². The van der Waals surface area contributed by atoms with E-state index in [1.165, 1.54) is 11.8 Å². The lowest BCUT2D eigenvalue weighted by molar-refractivity contribution is 0.348. The van der Waals surface area contributed by atoms with Crippen molar-refractivity contribution in [3.63, 3.8) is 0 Å². The molecule has 3 rings (SSSR count). The summed E-state index contributed by atoms with van der Waals surface area (Å²) in [6.45, 7) is 7.90. The lowest BCUT2D eigenvalue weighted by Crippen LogP contribution is -2.01. The van der Waals surface area contributed by atoms with E-state index in [0.29, 0.717) is 39.3 Å². The standard InChI is InChI=1S/C18H20N3O2S/c1-9(2)6-13-14-17(21-18(19-13)24-5)23-16(20-14)12-7-10(3)15(22)11(4)8-12/h7-9H,6H2,1-5H3. The fourth-order valence-electron chi connectivity index (χ4n) is 2.67. The third-order valence-corrected chi connectivity index (χ3v) is 4.35. The zero-order chi connectivity index (χ0) is 17.4. The van der Waals surface area contributed by atoms with Gasteiger partial charge in [-0.1, -0.05) is 25.6 Å². The summed E-state index contributed by atoms with van der Waals surface area (Å²) in [6, 6.07) is 3.62. The molecule has 0 atom stereocenters. The number of rotatable bonds is 4. The van der Waals surface area contributed by atoms with Crippen LogP contribution < -0.4 is 0 Å². The number of nitrogens with zero attached hydrogens (tertiary/aromatic N) is 3. The van der Waals surface area contributed by atoms with E-state index < -0.39 is 0 Å². The Morgan fingerprint density at radius 2 is 1.79 bits per heavy atom. The van der Waals surface area contributed by atoms with Crippen LogP contribution in [-0.2, 0) is 11.5 Å². The first-order chi connectivity index (χ1) is 11.4. The van der Waals surface area contributed by atoms with Crippen LogP contribution in [0.25, 0.3) is 22.7 Å². The summed E-state index contributed by atoms with van der Waals surface area (Å²) >= 11 is 1.49. The van der Waals surface area contributed by atoms with E-state index in [1.54, 1.807) is 13.8 Å². The predicted molar refractivity (Wildman–Crippen MR) is 95.0 cm³/mol. The number of fused-ring (bicyclic) bond motifs is 1. The zero-order valence-corrected chi connectivity index (χ0v) is 15.3. The predicted octanol–water partition coefficient (Wildman–Crippen LogP) is 4.97. The van der Waals surface area contributed by atoms with Gasteiger partial charge in [0.2, 0.25) is 5.89 Å². The molecule has 24 heavy (non-hydrogen) atoms. The summed E-state index contributed by atoms with van der Waals surface area (Å²) in [7, 11) is 0. The summed E-state index contributed by atoms with van der Waals surface area (Å²) < 4.78 is 5.89. The summed E-state index contributed by atoms with van der Waals surface area (Å²) in [5, 5.41) is 12.6. The monoisotopic (exact) mass is 342 g/mol. The number of aromatic nitrogens is 3. The van der Waals surface area contributed by atoms with Gasteiger partial charge in [-0.25, -0.2) is 9.97 Å². The van der Waals surface area contributed by atoms with E-state index in [1.807, 2.05) is 18.4 Å². The first kappa shape index (κ1) is 16.8. The van der Waals surface area contributed by atoms with Gasteiger partial charge in [0.25, 0.3) is 5.71 Å². The van der Waals surface area contributed by atoms with Crippen molar-refractivity contribution in [2.24, 2.45) is 5.92 Å². The molecule has 0 bridgehead atoms. The van der Waals surface area contributed by atoms with E-state index in [-0.39, 0.29) is 5.75 Å². The molecule has 3 aromatic rings. The molecule has 0 spiro atoms. The zero-order valence-electron chi connectivity index (χ0n) is 14.5. The Morgan fingerprint density at radius 3 is 2.38 bits per heavy atom. The van der Waals surface area contributed by atoms with Gasteiger partial charge >= 0.3 is 0 Å². The van der Waals surface area contributed by atoms with Gasteiger partial charge in [0.1, 0.15) is 0 Å². The van der Waals surface area contributed by atoms with Gasteiger partial charge < -0.3 is 4.42 Å². The molecular weight excluding hydrogens is 322 g/mol. The van der Waals surface area contributed by atoms with Gasteiger partial charge in [0.05, 0.1) is 5.69 Å². The molecule has 0 fully saturated rings. The van der Waals surface area contributed by atoms with Crippen LogP contribution >= 0.6 is 11.8 Å². The van der Waals surface area contributed by atoms with Crippen LogP contribution in [0.1, 0.15) is 30.7 Å². The fourth-order valence-corrected chi connectivity index (χ4v) is 3.05. The number of benzene rings is 1. The van der Waals surface area contributed by atoms with Gasteiger partial charge in [0.15, 0.2) is 16.4 Å². The number of aryl methyl sites for hydroxylation is 2. The smallest absolute Gasteiger partial charge is 0.251 e. The topological polar surface area (TPSA) is 71.7 Å². The number of hydrogen-bond donors (Lipinski definition) is 0. The highest BCUT2D eigenvalue weighted by atomic mass is 32.2. The summed E-state index contributed by atoms with van der Waals surface area (Å²) in [4.78, 5) is 13.6. The van der Waals surface area contributed by atoms with Crippen LogP contribution in [0.5, 0.6) is 5.75 Å². The molecule has 2 heterocycles. The highest BCUT2D eigenvalue weighted by Crippen LogP contribution is 2.32. The minimum atomic E-state index is 0.0554. The molecule has 0 saturated heterocycles. The molecule has 0 saturated carbocycles. The van der Waals surface area contributed by atoms with Crippen molar-refractivity contribution >= 4 is 23.0 Å². The van der Waals surface area contributed by atoms with Gasteiger partial charge in [-0.3, -0.25) is 5.11 Å². The maximum atomic E-state index is 11.9. The molecule has 0 aliphatic heterocycles. The Hall–Kier alpha value is -2.08. The largest absolute Gasteiger partial charge is 0.418 e. The van der Waals surface area contributed by atoms with Crippen LogP contribution in [0, 0.1) is 19.8 Å². The van der Waals surface area contributed by atoms with Crippen LogP contribution in [-0.4, -0.2) is 21.2 Å². The fraction of sp³-hybridized carbons (Fsp3) is 0.389. The second-order valence-corrected chi connectivity index (χ2v) is 7.14. The van der Waals surface area contributed by atoms with E-state index in [9.17, 15) is 5.11 Å². The first-order valence-corrected chi connectivity index (χ1v) is 9.11. The molecule has 0 aliphatic rings. The SMILES string of the molecule is CSc1nc(CC(C)C)c2nc(-c3cc(C)c([O])c(C)c3)oc2n1. The minimum Gasteiger partial charge on any atom is -0.418 e. The third-order valence-electron chi connectivity index (χ3n) is 3.80. The van der Waals surface area contributed by atoms with E-state index in [4.69, 9.17) is 4.42 Å². The lowest BCUT2D eigenvalue weighted by Gasteiger charge is -2.05. The second kappa shape index (κ2) is 6.43. The number of hydrogen-bond acceptors (Lipinski definition) is 5. The molecule has 5 nitrogen and oxygen atoms in total. The molecule has 0 N–H and O–H groups in total. The summed E-state index contributed by atoms with van der Waals surface area (Å²) in [6.07, 6.45) is 2.76. The Kier molecular flexibility index (Phi) is 4.49. The molecule has 1 aromatic carbocycles. The van der Waals surface area contributed by atoms with Gasteiger partial charge in [0, 0.05) is 5.56 Å². The van der Waals surface area contributed by atoms with Crippen molar-refractivity contribution in [2.75, 3.05) is 6.26 Å². The Balaban J connectivity index is 2.17. The van der Waals surface area contributed by atoms with E-state index >= 15 is 0 Å². The molecule has 125 valence electrons. The minimum absolute atomic E-state index is 0.0554. The van der Waals surface area contributed by atoms with E-state index in [0.717, 1.165) is 17.7 Å². The highest BCUT2D eigenvalue weighted by Gasteiger charge is 2.18. The molecule has 2 aromatic heterocycles. The summed E-state index contributed by atoms with van der Waals surface area (Å²) in [5.41, 5.74) is 4.28. The van der Waals surface area contributed by atoms with Gasteiger partial charge in [-0.2, -0.15) is 4.98 Å². The molecule has 0 unspecified atom stereocenters. The van der Waals surface area contributed by atoms with Crippen molar-refractivity contribution in [3.8, 4) is 17.2 Å². The molecule has 6 heteroatoms. The third kappa shape index (κ3) is 3.11. The Labute approximate surface area is 145 Å². The van der Waals surface area contributed by atoms with Crippen LogP contribution in [0.2, 0.25) is 0 Å². The number of thioether (sulfide) groups is 1. The van der Waals surface area contributed by atoms with Crippen LogP contribution in [0.3, 0.4) is 0 Å². The Bertz CT molecular complexity index is 880. The van der Waals surface area contributed by atoms with Crippen molar-refractivity contribution in [2.45, 2.75) is 39.3 Å². The maximum absolute atomic E-state index is 11.9. The normalized spacial score (nSPS) is 11.6. The molecule has 1 radical (unpaired) electrons. The molecular formula is C18H20N3O2S. The lowest BCUT2D eigenvalue weighted by atomic mass is 10.1. The molecule has 0 amide bonds. The Morgan fingerprint density at radius 1 is 1.12 bits per heavy atom. The van der Waals surface area contributed by atoms with Crippen LogP contribution in [0.4, 0.5) is 0 Å². The van der Waals surface area contributed by atoms with Crippen molar-refractivity contribution in [1.82, 2.24) is 15.0 Å². The quantitative estimate of drug-likeness (QED) is 0.494. The second-order valence-electron chi connectivity index (χ2n) is 6.37. The van der Waals surface area contributed by atoms with Crippen molar-refractivity contribution in [3.05, 3.63) is 29.0 Å². The van der Waals surface area contributed by atoms with E-state index in [2.05, 4.69) is 28.8 Å².